The van der Waals surface area contributed by atoms with E-state index in [0.29, 0.717) is 5.76 Å². The zero-order valence-corrected chi connectivity index (χ0v) is 15.2. The molecule has 0 aliphatic heterocycles. The molecule has 0 radical (unpaired) electrons. The molecule has 9 heteroatoms. The van der Waals surface area contributed by atoms with Crippen molar-refractivity contribution in [2.24, 2.45) is 0 Å². The van der Waals surface area contributed by atoms with E-state index in [2.05, 4.69) is 10.0 Å². The van der Waals surface area contributed by atoms with Crippen molar-refractivity contribution in [3.8, 4) is 0 Å². The number of carbonyl (C=O) groups excluding carboxylic acids is 2. The number of benzene rings is 2. The van der Waals surface area contributed by atoms with Gasteiger partial charge in [-0.05, 0) is 42.0 Å². The average molecular weight is 399 g/mol. The lowest BCUT2D eigenvalue weighted by molar-refractivity contribution is -0.255. The van der Waals surface area contributed by atoms with Gasteiger partial charge in [0, 0.05) is 0 Å². The number of amides is 1. The summed E-state index contributed by atoms with van der Waals surface area (Å²) in [4.78, 5) is 23.2. The highest BCUT2D eigenvalue weighted by molar-refractivity contribution is 7.92. The molecule has 0 aliphatic rings. The number of hydrogen-bond acceptors (Lipinski definition) is 6. The van der Waals surface area contributed by atoms with Gasteiger partial charge in [-0.1, -0.05) is 24.3 Å². The fourth-order valence-corrected chi connectivity index (χ4v) is 3.57. The third-order valence-corrected chi connectivity index (χ3v) is 5.16. The van der Waals surface area contributed by atoms with Crippen molar-refractivity contribution in [2.75, 3.05) is 4.72 Å². The lowest BCUT2D eigenvalue weighted by atomic mass is 10.1. The molecule has 8 nitrogen and oxygen atoms in total. The summed E-state index contributed by atoms with van der Waals surface area (Å²) in [6.07, 6.45) is 1.48. The fraction of sp³-hybridized carbons (Fsp3) is 0.0526. The lowest BCUT2D eigenvalue weighted by Gasteiger charge is -2.13. The molecule has 2 aromatic carbocycles. The number of aromatic carboxylic acids is 1. The van der Waals surface area contributed by atoms with E-state index < -0.39 is 21.9 Å². The number of carboxylic acid groups (broad SMARTS) is 1. The van der Waals surface area contributed by atoms with Crippen LogP contribution >= 0.6 is 0 Å². The lowest BCUT2D eigenvalue weighted by Crippen LogP contribution is -2.25. The monoisotopic (exact) mass is 399 g/mol. The molecule has 1 amide bonds. The third kappa shape index (κ3) is 4.38. The Morgan fingerprint density at radius 3 is 2.50 bits per heavy atom. The number of furan rings is 1. The van der Waals surface area contributed by atoms with E-state index in [9.17, 15) is 23.1 Å². The van der Waals surface area contributed by atoms with Crippen LogP contribution in [0.15, 0.2) is 76.2 Å². The standard InChI is InChI=1S/C19H16N2O6S/c22-18(20-12-14-6-4-10-27-14)16-8-1-2-9-17(16)21-28(25,26)15-7-3-5-13(11-15)19(23)24/h1-11,21H,12H2,(H,20,22)(H,23,24)/p-1. The molecule has 3 aromatic rings. The molecule has 2 N–H and O–H groups in total. The molecule has 0 fully saturated rings. The Morgan fingerprint density at radius 2 is 1.79 bits per heavy atom. The van der Waals surface area contributed by atoms with Crippen molar-refractivity contribution in [1.82, 2.24) is 5.32 Å². The minimum absolute atomic E-state index is 0.0540. The molecule has 1 aromatic heterocycles. The maximum absolute atomic E-state index is 12.6. The van der Waals surface area contributed by atoms with E-state index in [4.69, 9.17) is 4.42 Å². The quantitative estimate of drug-likeness (QED) is 0.617. The van der Waals surface area contributed by atoms with Crippen molar-refractivity contribution < 1.29 is 27.5 Å². The molecule has 0 saturated carbocycles. The number of anilines is 1. The van der Waals surface area contributed by atoms with Gasteiger partial charge in [-0.25, -0.2) is 8.42 Å². The van der Waals surface area contributed by atoms with Gasteiger partial charge in [-0.15, -0.1) is 0 Å². The maximum Gasteiger partial charge on any atom is 0.261 e. The number of hydrogen-bond donors (Lipinski definition) is 2. The van der Waals surface area contributed by atoms with Gasteiger partial charge in [-0.3, -0.25) is 9.52 Å². The predicted molar refractivity (Wildman–Crippen MR) is 97.9 cm³/mol. The largest absolute Gasteiger partial charge is 0.545 e. The van der Waals surface area contributed by atoms with Gasteiger partial charge in [0.25, 0.3) is 15.9 Å². The van der Waals surface area contributed by atoms with Gasteiger partial charge in [0.05, 0.1) is 34.9 Å². The smallest absolute Gasteiger partial charge is 0.261 e. The van der Waals surface area contributed by atoms with E-state index in [0.717, 1.165) is 6.07 Å². The zero-order chi connectivity index (χ0) is 20.1. The first-order chi connectivity index (χ1) is 13.4. The van der Waals surface area contributed by atoms with Gasteiger partial charge in [0.15, 0.2) is 0 Å². The summed E-state index contributed by atoms with van der Waals surface area (Å²) < 4.78 is 32.7. The van der Waals surface area contributed by atoms with E-state index in [1.54, 1.807) is 24.3 Å². The van der Waals surface area contributed by atoms with Crippen molar-refractivity contribution in [1.29, 1.82) is 0 Å². The highest BCUT2D eigenvalue weighted by atomic mass is 32.2. The Kier molecular flexibility index (Phi) is 5.46. The van der Waals surface area contributed by atoms with E-state index in [1.165, 1.54) is 36.6 Å². The van der Waals surface area contributed by atoms with Crippen molar-refractivity contribution in [3.05, 3.63) is 83.8 Å². The molecule has 28 heavy (non-hydrogen) atoms. The molecular weight excluding hydrogens is 384 g/mol. The van der Waals surface area contributed by atoms with Crippen LogP contribution in [0.25, 0.3) is 0 Å². The Labute approximate surface area is 160 Å². The van der Waals surface area contributed by atoms with E-state index >= 15 is 0 Å². The van der Waals surface area contributed by atoms with Crippen molar-refractivity contribution in [2.45, 2.75) is 11.4 Å². The van der Waals surface area contributed by atoms with Crippen LogP contribution in [0.1, 0.15) is 26.5 Å². The fourth-order valence-electron chi connectivity index (χ4n) is 2.44. The Bertz CT molecular complexity index is 1110. The SMILES string of the molecule is O=C([O-])c1cccc(S(=O)(=O)Nc2ccccc2C(=O)NCc2ccco2)c1. The minimum Gasteiger partial charge on any atom is -0.545 e. The number of rotatable bonds is 7. The van der Waals surface area contributed by atoms with Gasteiger partial charge in [-0.2, -0.15) is 0 Å². The van der Waals surface area contributed by atoms with Gasteiger partial charge >= 0.3 is 0 Å². The molecule has 0 saturated heterocycles. The Morgan fingerprint density at radius 1 is 1.00 bits per heavy atom. The minimum atomic E-state index is -4.12. The summed E-state index contributed by atoms with van der Waals surface area (Å²) in [6, 6.07) is 14.2. The normalized spacial score (nSPS) is 11.0. The van der Waals surface area contributed by atoms with Crippen LogP contribution in [0.5, 0.6) is 0 Å². The second-order valence-electron chi connectivity index (χ2n) is 5.73. The number of nitrogens with one attached hydrogen (secondary N) is 2. The summed E-state index contributed by atoms with van der Waals surface area (Å²) in [6.45, 7) is 0.139. The van der Waals surface area contributed by atoms with Gasteiger partial charge in [0.2, 0.25) is 0 Å². The molecule has 144 valence electrons. The van der Waals surface area contributed by atoms with Crippen molar-refractivity contribution >= 4 is 27.6 Å². The molecule has 0 spiro atoms. The van der Waals surface area contributed by atoms with Crippen LogP contribution in [0.3, 0.4) is 0 Å². The first-order valence-electron chi connectivity index (χ1n) is 8.10. The molecule has 0 bridgehead atoms. The first kappa shape index (κ1) is 19.2. The molecule has 0 unspecified atom stereocenters. The molecule has 1 heterocycles. The summed E-state index contributed by atoms with van der Waals surface area (Å²) in [5.41, 5.74) is -0.112. The van der Waals surface area contributed by atoms with Crippen LogP contribution in [-0.2, 0) is 16.6 Å². The average Bonchev–Trinajstić information content (AvgIpc) is 3.20. The van der Waals surface area contributed by atoms with E-state index in [1.807, 2.05) is 0 Å². The maximum atomic E-state index is 12.6. The van der Waals surface area contributed by atoms with Crippen LogP contribution in [-0.4, -0.2) is 20.3 Å². The van der Waals surface area contributed by atoms with Crippen molar-refractivity contribution in [3.63, 3.8) is 0 Å². The Hall–Kier alpha value is -3.59. The first-order valence-corrected chi connectivity index (χ1v) is 9.59. The predicted octanol–water partition coefficient (Wildman–Crippen LogP) is 1.37. The summed E-state index contributed by atoms with van der Waals surface area (Å²) in [7, 11) is -4.12. The summed E-state index contributed by atoms with van der Waals surface area (Å²) >= 11 is 0. The number of carboxylic acids is 1. The molecule has 0 aliphatic carbocycles. The number of carbonyl (C=O) groups is 2. The van der Waals surface area contributed by atoms with Crippen LogP contribution in [0.2, 0.25) is 0 Å². The van der Waals surface area contributed by atoms with Crippen LogP contribution in [0, 0.1) is 0 Å². The topological polar surface area (TPSA) is 129 Å². The number of para-hydroxylation sites is 1. The van der Waals surface area contributed by atoms with Crippen LogP contribution < -0.4 is 15.1 Å². The second kappa shape index (κ2) is 7.97. The third-order valence-electron chi connectivity index (χ3n) is 3.80. The molecule has 3 rings (SSSR count). The summed E-state index contributed by atoms with van der Waals surface area (Å²) in [5, 5.41) is 13.6. The summed E-state index contributed by atoms with van der Waals surface area (Å²) in [5.74, 6) is -1.45. The highest BCUT2D eigenvalue weighted by Crippen LogP contribution is 2.21. The second-order valence-corrected chi connectivity index (χ2v) is 7.41. The Balaban J connectivity index is 1.83. The van der Waals surface area contributed by atoms with Crippen LogP contribution in [0.4, 0.5) is 5.69 Å². The molecular formula is C19H15N2O6S-. The number of sulfonamides is 1. The van der Waals surface area contributed by atoms with Gasteiger partial charge < -0.3 is 19.6 Å². The zero-order valence-electron chi connectivity index (χ0n) is 14.4. The van der Waals surface area contributed by atoms with Gasteiger partial charge in [0.1, 0.15) is 5.76 Å². The molecule has 0 atom stereocenters. The highest BCUT2D eigenvalue weighted by Gasteiger charge is 2.19. The van der Waals surface area contributed by atoms with E-state index in [-0.39, 0.29) is 28.3 Å².